The number of anilines is 1. The summed E-state index contributed by atoms with van der Waals surface area (Å²) in [4.78, 5) is 31.6. The molecule has 4 rings (SSSR count). The minimum atomic E-state index is -0.556. The highest BCUT2D eigenvalue weighted by atomic mass is 35.5. The highest BCUT2D eigenvalue weighted by Crippen LogP contribution is 2.26. The first-order valence-electron chi connectivity index (χ1n) is 8.86. The van der Waals surface area contributed by atoms with E-state index < -0.39 is 6.04 Å². The fourth-order valence-corrected chi connectivity index (χ4v) is 4.00. The van der Waals surface area contributed by atoms with Gasteiger partial charge < -0.3 is 14.6 Å². The van der Waals surface area contributed by atoms with Crippen molar-refractivity contribution in [2.24, 2.45) is 0 Å². The second-order valence-electron chi connectivity index (χ2n) is 6.72. The number of hydrogen-bond donors (Lipinski definition) is 1. The molecule has 0 spiro atoms. The molecule has 6 nitrogen and oxygen atoms in total. The van der Waals surface area contributed by atoms with Crippen LogP contribution in [0.4, 0.5) is 5.69 Å². The minimum absolute atomic E-state index is 0.237. The van der Waals surface area contributed by atoms with Crippen molar-refractivity contribution in [3.63, 3.8) is 0 Å². The maximum atomic E-state index is 12.9. The summed E-state index contributed by atoms with van der Waals surface area (Å²) in [7, 11) is 0. The van der Waals surface area contributed by atoms with E-state index in [4.69, 9.17) is 27.6 Å². The highest BCUT2D eigenvalue weighted by Gasteiger charge is 2.34. The molecule has 3 aromatic rings. The second-order valence-corrected chi connectivity index (χ2v) is 7.59. The number of rotatable bonds is 3. The molecule has 2 aromatic carbocycles. The lowest BCUT2D eigenvalue weighted by Gasteiger charge is -2.24. The third-order valence-electron chi connectivity index (χ3n) is 4.69. The maximum absolute atomic E-state index is 12.9. The molecule has 1 aliphatic rings. The number of nitrogens with zero attached hydrogens (tertiary/aromatic N) is 2. The molecule has 1 atom stereocenters. The van der Waals surface area contributed by atoms with Crippen LogP contribution in [-0.4, -0.2) is 34.3 Å². The third kappa shape index (κ3) is 3.70. The Morgan fingerprint density at radius 3 is 2.68 bits per heavy atom. The Kier molecular flexibility index (Phi) is 5.00. The van der Waals surface area contributed by atoms with Gasteiger partial charge in [-0.3, -0.25) is 9.59 Å². The van der Waals surface area contributed by atoms with Crippen LogP contribution < -0.4 is 5.32 Å². The normalized spacial score (nSPS) is 16.5. The van der Waals surface area contributed by atoms with Crippen LogP contribution >= 0.6 is 23.2 Å². The summed E-state index contributed by atoms with van der Waals surface area (Å²) in [5.74, 6) is 0.0643. The number of carbonyl (C=O) groups is 2. The average molecular weight is 418 g/mol. The Hall–Kier alpha value is -2.57. The quantitative estimate of drug-likeness (QED) is 0.670. The van der Waals surface area contributed by atoms with E-state index in [1.54, 1.807) is 48.2 Å². The number of carbonyl (C=O) groups excluding carboxylic acids is 2. The molecule has 0 saturated carbocycles. The average Bonchev–Trinajstić information content (AvgIpc) is 3.25. The zero-order chi connectivity index (χ0) is 19.8. The Morgan fingerprint density at radius 1 is 1.18 bits per heavy atom. The second kappa shape index (κ2) is 7.45. The van der Waals surface area contributed by atoms with E-state index in [0.717, 1.165) is 6.42 Å². The first-order chi connectivity index (χ1) is 13.4. The number of benzene rings is 2. The molecule has 1 fully saturated rings. The fraction of sp³-hybridized carbons (Fsp3) is 0.250. The van der Waals surface area contributed by atoms with Gasteiger partial charge in [0.1, 0.15) is 11.6 Å². The summed E-state index contributed by atoms with van der Waals surface area (Å²) in [6.45, 7) is 2.27. The molecule has 1 aromatic heterocycles. The van der Waals surface area contributed by atoms with E-state index in [9.17, 15) is 9.59 Å². The summed E-state index contributed by atoms with van der Waals surface area (Å²) in [5, 5.41) is 3.64. The molecule has 0 radical (unpaired) electrons. The predicted octanol–water partition coefficient (Wildman–Crippen LogP) is 4.69. The summed E-state index contributed by atoms with van der Waals surface area (Å²) in [6.07, 6.45) is 1.34. The van der Waals surface area contributed by atoms with Crippen molar-refractivity contribution < 1.29 is 14.0 Å². The highest BCUT2D eigenvalue weighted by molar-refractivity contribution is 6.35. The number of nitrogens with one attached hydrogen (secondary N) is 1. The Labute approximate surface area is 171 Å². The monoisotopic (exact) mass is 417 g/mol. The molecule has 1 N–H and O–H groups in total. The summed E-state index contributed by atoms with van der Waals surface area (Å²) in [6, 6.07) is 9.39. The smallest absolute Gasteiger partial charge is 0.254 e. The topological polar surface area (TPSA) is 75.4 Å². The molecule has 144 valence electrons. The molecule has 0 aliphatic carbocycles. The van der Waals surface area contributed by atoms with Gasteiger partial charge >= 0.3 is 0 Å². The van der Waals surface area contributed by atoms with Crippen LogP contribution in [0.3, 0.4) is 0 Å². The van der Waals surface area contributed by atoms with Crippen LogP contribution in [0.25, 0.3) is 11.1 Å². The SMILES string of the molecule is Cc1nc2cc(NC(=O)[C@@H]3CCCN3C(=O)c3cc(Cl)cc(Cl)c3)ccc2o1. The van der Waals surface area contributed by atoms with Crippen LogP contribution in [0.5, 0.6) is 0 Å². The van der Waals surface area contributed by atoms with E-state index in [0.29, 0.717) is 51.3 Å². The lowest BCUT2D eigenvalue weighted by molar-refractivity contribution is -0.119. The van der Waals surface area contributed by atoms with Gasteiger partial charge in [0.2, 0.25) is 5.91 Å². The molecule has 2 heterocycles. The van der Waals surface area contributed by atoms with Gasteiger partial charge in [0.15, 0.2) is 11.5 Å². The van der Waals surface area contributed by atoms with Gasteiger partial charge in [0, 0.05) is 34.8 Å². The van der Waals surface area contributed by atoms with Crippen molar-refractivity contribution in [3.05, 3.63) is 57.9 Å². The number of aryl methyl sites for hydroxylation is 1. The van der Waals surface area contributed by atoms with Gasteiger partial charge in [0.05, 0.1) is 0 Å². The summed E-state index contributed by atoms with van der Waals surface area (Å²) >= 11 is 12.0. The van der Waals surface area contributed by atoms with E-state index in [-0.39, 0.29) is 11.8 Å². The van der Waals surface area contributed by atoms with Gasteiger partial charge in [-0.05, 0) is 49.2 Å². The molecule has 28 heavy (non-hydrogen) atoms. The van der Waals surface area contributed by atoms with Crippen LogP contribution in [0, 0.1) is 6.92 Å². The van der Waals surface area contributed by atoms with E-state index >= 15 is 0 Å². The fourth-order valence-electron chi connectivity index (χ4n) is 3.47. The number of aromatic nitrogens is 1. The summed E-state index contributed by atoms with van der Waals surface area (Å²) in [5.41, 5.74) is 2.31. The molecular weight excluding hydrogens is 401 g/mol. The Bertz CT molecular complexity index is 1060. The third-order valence-corrected chi connectivity index (χ3v) is 5.12. The summed E-state index contributed by atoms with van der Waals surface area (Å²) < 4.78 is 5.45. The first-order valence-corrected chi connectivity index (χ1v) is 9.61. The molecule has 0 bridgehead atoms. The lowest BCUT2D eigenvalue weighted by Crippen LogP contribution is -2.43. The number of hydrogen-bond acceptors (Lipinski definition) is 4. The number of fused-ring (bicyclic) bond motifs is 1. The molecule has 0 unspecified atom stereocenters. The van der Waals surface area contributed by atoms with Gasteiger partial charge in [-0.2, -0.15) is 0 Å². The zero-order valence-corrected chi connectivity index (χ0v) is 16.5. The first kappa shape index (κ1) is 18.8. The van der Waals surface area contributed by atoms with Crippen molar-refractivity contribution in [1.82, 2.24) is 9.88 Å². The van der Waals surface area contributed by atoms with Crippen LogP contribution in [0.2, 0.25) is 10.0 Å². The minimum Gasteiger partial charge on any atom is -0.441 e. The Morgan fingerprint density at radius 2 is 1.93 bits per heavy atom. The van der Waals surface area contributed by atoms with Crippen molar-refractivity contribution >= 4 is 51.8 Å². The zero-order valence-electron chi connectivity index (χ0n) is 15.0. The number of oxazole rings is 1. The number of halogens is 2. The van der Waals surface area contributed by atoms with E-state index in [2.05, 4.69) is 10.3 Å². The van der Waals surface area contributed by atoms with Crippen LogP contribution in [-0.2, 0) is 4.79 Å². The largest absolute Gasteiger partial charge is 0.441 e. The van der Waals surface area contributed by atoms with Gasteiger partial charge in [-0.1, -0.05) is 23.2 Å². The molecule has 2 amide bonds. The van der Waals surface area contributed by atoms with Gasteiger partial charge in [-0.25, -0.2) is 4.98 Å². The van der Waals surface area contributed by atoms with Crippen LogP contribution in [0.1, 0.15) is 29.1 Å². The van der Waals surface area contributed by atoms with Gasteiger partial charge in [0.25, 0.3) is 5.91 Å². The standard InChI is InChI=1S/C20H17Cl2N3O3/c1-11-23-16-10-15(4-5-18(16)28-11)24-19(26)17-3-2-6-25(17)20(27)12-7-13(21)9-14(22)8-12/h4-5,7-10,17H,2-3,6H2,1H3,(H,24,26)/t17-/m0/s1. The lowest BCUT2D eigenvalue weighted by atomic mass is 10.1. The molecular formula is C20H17Cl2N3O3. The van der Waals surface area contributed by atoms with Crippen molar-refractivity contribution in [2.75, 3.05) is 11.9 Å². The van der Waals surface area contributed by atoms with Crippen molar-refractivity contribution in [1.29, 1.82) is 0 Å². The molecule has 1 saturated heterocycles. The predicted molar refractivity (Wildman–Crippen MR) is 108 cm³/mol. The van der Waals surface area contributed by atoms with Crippen molar-refractivity contribution in [3.8, 4) is 0 Å². The number of amides is 2. The van der Waals surface area contributed by atoms with Crippen molar-refractivity contribution in [2.45, 2.75) is 25.8 Å². The van der Waals surface area contributed by atoms with Gasteiger partial charge in [-0.15, -0.1) is 0 Å². The Balaban J connectivity index is 1.53. The molecule has 1 aliphatic heterocycles. The number of likely N-dealkylation sites (tertiary alicyclic amines) is 1. The maximum Gasteiger partial charge on any atom is 0.254 e. The molecule has 8 heteroatoms. The van der Waals surface area contributed by atoms with E-state index in [1.807, 2.05) is 0 Å². The van der Waals surface area contributed by atoms with Crippen LogP contribution in [0.15, 0.2) is 40.8 Å². The van der Waals surface area contributed by atoms with E-state index in [1.165, 1.54) is 0 Å².